The summed E-state index contributed by atoms with van der Waals surface area (Å²) in [6.07, 6.45) is -14.8. The molecule has 0 amide bonds. The van der Waals surface area contributed by atoms with Gasteiger partial charge in [0.15, 0.2) is 24.8 Å². The number of hydrogen-bond acceptors (Lipinski definition) is 23. The lowest BCUT2D eigenvalue weighted by atomic mass is 9.45. The smallest absolute Gasteiger partial charge is 0.333 e. The van der Waals surface area contributed by atoms with E-state index in [1.807, 2.05) is 13.0 Å². The van der Waals surface area contributed by atoms with Gasteiger partial charge in [-0.3, -0.25) is 19.2 Å². The molecule has 23 atom stereocenters. The van der Waals surface area contributed by atoms with Crippen LogP contribution < -0.4 is 0 Å². The van der Waals surface area contributed by atoms with E-state index in [9.17, 15) is 44.4 Å². The highest BCUT2D eigenvalue weighted by Gasteiger charge is 2.67. The molecule has 0 aromatic carbocycles. The average molecular weight is 1040 g/mol. The van der Waals surface area contributed by atoms with Gasteiger partial charge in [-0.2, -0.15) is 0 Å². The van der Waals surface area contributed by atoms with Gasteiger partial charge in [-0.15, -0.1) is 0 Å². The molecule has 23 heteroatoms. The van der Waals surface area contributed by atoms with Crippen LogP contribution >= 0.6 is 0 Å². The molecule has 7 aliphatic rings. The van der Waals surface area contributed by atoms with Crippen LogP contribution in [0.4, 0.5) is 0 Å². The zero-order valence-electron chi connectivity index (χ0n) is 43.5. The number of hydrogen-bond donors (Lipinski definition) is 4. The van der Waals surface area contributed by atoms with Crippen LogP contribution in [0.15, 0.2) is 23.5 Å². The highest BCUT2D eigenvalue weighted by atomic mass is 16.8. The molecule has 412 valence electrons. The fourth-order valence-electron chi connectivity index (χ4n) is 12.9. The van der Waals surface area contributed by atoms with Gasteiger partial charge in [0.05, 0.1) is 24.9 Å². The van der Waals surface area contributed by atoms with E-state index in [4.69, 9.17) is 66.3 Å². The first-order valence-corrected chi connectivity index (χ1v) is 24.9. The second-order valence-corrected chi connectivity index (χ2v) is 20.9. The highest BCUT2D eigenvalue weighted by Crippen LogP contribution is 2.65. The van der Waals surface area contributed by atoms with E-state index in [0.29, 0.717) is 24.8 Å². The Kier molecular flexibility index (Phi) is 17.4. The molecule has 5 fully saturated rings. The normalized spacial score (nSPS) is 45.6. The summed E-state index contributed by atoms with van der Waals surface area (Å²) in [4.78, 5) is 64.4. The molecule has 7 rings (SSSR count). The molecule has 3 aliphatic carbocycles. The minimum Gasteiger partial charge on any atom is -0.466 e. The second kappa shape index (κ2) is 22.4. The van der Waals surface area contributed by atoms with Crippen molar-refractivity contribution >= 4 is 29.8 Å². The van der Waals surface area contributed by atoms with Crippen LogP contribution in [0.1, 0.15) is 94.4 Å². The van der Waals surface area contributed by atoms with E-state index in [-0.39, 0.29) is 24.5 Å². The number of fused-ring (bicyclic) bond motifs is 3. The summed E-state index contributed by atoms with van der Waals surface area (Å²) in [5.41, 5.74) is -1.13. The molecule has 3 saturated heterocycles. The van der Waals surface area contributed by atoms with Gasteiger partial charge >= 0.3 is 29.8 Å². The van der Waals surface area contributed by atoms with Crippen molar-refractivity contribution < 1.29 is 111 Å². The lowest BCUT2D eigenvalue weighted by molar-refractivity contribution is -0.370. The summed E-state index contributed by atoms with van der Waals surface area (Å²) in [6, 6.07) is 0. The summed E-state index contributed by atoms with van der Waals surface area (Å²) in [7, 11) is 4.26. The fourth-order valence-corrected chi connectivity index (χ4v) is 12.9. The van der Waals surface area contributed by atoms with E-state index >= 15 is 0 Å². The minimum absolute atomic E-state index is 0.0673. The zero-order valence-corrected chi connectivity index (χ0v) is 43.5. The Morgan fingerprint density at radius 1 is 0.726 bits per heavy atom. The van der Waals surface area contributed by atoms with Crippen molar-refractivity contribution in [1.29, 1.82) is 0 Å². The lowest BCUT2D eigenvalue weighted by Crippen LogP contribution is -2.65. The standard InChI is InChI=1S/C50H74O23/c1-21-40(71-47-44(67-25(5)54)43(61-11)41(22(2)64-47)72-46-39(59)38(58)37(57)32(20-51)70-46)31(60-10)18-35(63-21)69-29-14-16-48(7)28-13-15-49(8,33-19-34(56)73-50(33,9)62-12)45(68-26(6)55)27(28)17-30(65-23(3)52)36(48)42(29)66-24(4)53/h14,19,21-22,27-28,30-32,35-47,51,57-59H,13,15-18,20H2,1-12H3. The first kappa shape index (κ1) is 56.9. The summed E-state index contributed by atoms with van der Waals surface area (Å²) in [5, 5.41) is 41.2. The molecular weight excluding hydrogens is 969 g/mol. The van der Waals surface area contributed by atoms with Gasteiger partial charge in [0.2, 0.25) is 12.1 Å². The molecule has 4 aliphatic heterocycles. The van der Waals surface area contributed by atoms with Crippen LogP contribution in [0, 0.1) is 28.6 Å². The molecule has 0 bridgehead atoms. The van der Waals surface area contributed by atoms with Crippen LogP contribution in [0.2, 0.25) is 0 Å². The number of rotatable bonds is 15. The predicted octanol–water partition coefficient (Wildman–Crippen LogP) is 1.40. The SMILES string of the molecule is COC1CC(OC2=CCC3(C)C4CCC(C)(C5=CC(=O)OC5(C)OC)C(OC(C)=O)C4CC(OC(C)=O)C3C2OC(C)=O)OC(C)C1OC1OC(C)C(OC2OC(CO)C(O)C(O)C2O)C(OC)C1OC(C)=O. The topological polar surface area (TPSA) is 295 Å². The molecule has 0 aromatic heterocycles. The number of aliphatic hydroxyl groups excluding tert-OH is 4. The third-order valence-corrected chi connectivity index (χ3v) is 16.2. The third-order valence-electron chi connectivity index (χ3n) is 16.2. The number of allylic oxidation sites excluding steroid dienone is 1. The van der Waals surface area contributed by atoms with E-state index in [0.717, 1.165) is 0 Å². The summed E-state index contributed by atoms with van der Waals surface area (Å²) in [6.45, 7) is 13.4. The van der Waals surface area contributed by atoms with Crippen LogP contribution in [0.3, 0.4) is 0 Å². The molecule has 0 spiro atoms. The van der Waals surface area contributed by atoms with Crippen LogP contribution in [-0.2, 0) is 90.3 Å². The maximum Gasteiger partial charge on any atom is 0.333 e. The molecule has 23 nitrogen and oxygen atoms in total. The third kappa shape index (κ3) is 11.1. The van der Waals surface area contributed by atoms with Crippen LogP contribution in [-0.4, -0.2) is 188 Å². The Balaban J connectivity index is 1.12. The number of methoxy groups -OCH3 is 3. The second-order valence-electron chi connectivity index (χ2n) is 20.9. The summed E-state index contributed by atoms with van der Waals surface area (Å²) >= 11 is 0. The monoisotopic (exact) mass is 1040 g/mol. The molecule has 4 heterocycles. The summed E-state index contributed by atoms with van der Waals surface area (Å²) < 4.78 is 85.1. The first-order valence-electron chi connectivity index (χ1n) is 24.9. The predicted molar refractivity (Wildman–Crippen MR) is 245 cm³/mol. The largest absolute Gasteiger partial charge is 0.466 e. The number of carbonyl (C=O) groups excluding carboxylic acids is 5. The van der Waals surface area contributed by atoms with Crippen molar-refractivity contribution in [1.82, 2.24) is 0 Å². The van der Waals surface area contributed by atoms with Gasteiger partial charge in [0, 0.05) is 91.3 Å². The Morgan fingerprint density at radius 2 is 1.37 bits per heavy atom. The Morgan fingerprint density at radius 3 is 1.97 bits per heavy atom. The van der Waals surface area contributed by atoms with Crippen molar-refractivity contribution in [2.45, 2.75) is 205 Å². The van der Waals surface area contributed by atoms with Crippen molar-refractivity contribution in [3.63, 3.8) is 0 Å². The van der Waals surface area contributed by atoms with Gasteiger partial charge in [0.1, 0.15) is 60.7 Å². The van der Waals surface area contributed by atoms with E-state index in [1.54, 1.807) is 20.8 Å². The number of carbonyl (C=O) groups is 5. The quantitative estimate of drug-likeness (QED) is 0.133. The van der Waals surface area contributed by atoms with Crippen molar-refractivity contribution in [3.05, 3.63) is 23.5 Å². The number of cyclic esters (lactones) is 1. The maximum absolute atomic E-state index is 13.1. The zero-order chi connectivity index (χ0) is 53.6. The molecule has 73 heavy (non-hydrogen) atoms. The minimum atomic E-state index is -1.74. The van der Waals surface area contributed by atoms with Crippen molar-refractivity contribution in [2.24, 2.45) is 28.6 Å². The first-order chi connectivity index (χ1) is 34.3. The Bertz CT molecular complexity index is 2100. The van der Waals surface area contributed by atoms with Gasteiger partial charge in [-0.25, -0.2) is 4.79 Å². The number of ether oxygens (including phenoxy) is 14. The van der Waals surface area contributed by atoms with Crippen LogP contribution in [0.25, 0.3) is 0 Å². The van der Waals surface area contributed by atoms with Gasteiger partial charge in [-0.1, -0.05) is 13.8 Å². The highest BCUT2D eigenvalue weighted by molar-refractivity contribution is 5.87. The maximum atomic E-state index is 13.1. The van der Waals surface area contributed by atoms with Gasteiger partial charge in [-0.05, 0) is 56.9 Å². The fraction of sp³-hybridized carbons (Fsp3) is 0.820. The van der Waals surface area contributed by atoms with Crippen LogP contribution in [0.5, 0.6) is 0 Å². The van der Waals surface area contributed by atoms with E-state index in [2.05, 4.69) is 6.92 Å². The molecule has 0 aromatic rings. The molecule has 23 unspecified atom stereocenters. The molecular formula is C50H74O23. The molecule has 0 radical (unpaired) electrons. The number of aliphatic hydroxyl groups is 4. The lowest BCUT2D eigenvalue weighted by Gasteiger charge is -2.62. The summed E-state index contributed by atoms with van der Waals surface area (Å²) in [5.74, 6) is -5.39. The molecule has 2 saturated carbocycles. The van der Waals surface area contributed by atoms with E-state index in [1.165, 1.54) is 55.1 Å². The average Bonchev–Trinajstić information content (AvgIpc) is 3.64. The van der Waals surface area contributed by atoms with Gasteiger partial charge < -0.3 is 86.7 Å². The Hall–Kier alpha value is -3.85. The number of esters is 5. The molecule has 4 N–H and O–H groups in total. The van der Waals surface area contributed by atoms with Crippen molar-refractivity contribution in [3.8, 4) is 0 Å². The Labute approximate surface area is 424 Å². The van der Waals surface area contributed by atoms with Gasteiger partial charge in [0.25, 0.3) is 0 Å². The van der Waals surface area contributed by atoms with Crippen molar-refractivity contribution in [2.75, 3.05) is 27.9 Å². The van der Waals surface area contributed by atoms with E-state index < -0.39 is 169 Å².